The minimum Gasteiger partial charge on any atom is -0.334 e. The molecule has 108 valence electrons. The zero-order valence-electron chi connectivity index (χ0n) is 10.9. The van der Waals surface area contributed by atoms with E-state index >= 15 is 0 Å². The highest BCUT2D eigenvalue weighted by Gasteiger charge is 2.30. The second-order valence-corrected chi connectivity index (χ2v) is 4.19. The second-order valence-electron chi connectivity index (χ2n) is 4.19. The average Bonchev–Trinajstić information content (AvgIpc) is 2.37. The van der Waals surface area contributed by atoms with Gasteiger partial charge in [-0.1, -0.05) is 13.0 Å². The van der Waals surface area contributed by atoms with Gasteiger partial charge in [0.1, 0.15) is 0 Å². The largest absolute Gasteiger partial charge is 0.416 e. The third-order valence-electron chi connectivity index (χ3n) is 2.64. The Labute approximate surface area is 115 Å². The molecular formula is C14H15F3N2O. The van der Waals surface area contributed by atoms with E-state index in [2.05, 4.69) is 16.6 Å². The van der Waals surface area contributed by atoms with Gasteiger partial charge < -0.3 is 10.6 Å². The lowest BCUT2D eigenvalue weighted by molar-refractivity contribution is -0.137. The van der Waals surface area contributed by atoms with Crippen LogP contribution in [0.25, 0.3) is 0 Å². The SMILES string of the molecule is C#CCC(CC)NC(=O)Nc1cccc(C(F)(F)F)c1. The summed E-state index contributed by atoms with van der Waals surface area (Å²) < 4.78 is 37.6. The quantitative estimate of drug-likeness (QED) is 0.814. The predicted octanol–water partition coefficient (Wildman–Crippen LogP) is 3.63. The molecule has 1 aromatic carbocycles. The van der Waals surface area contributed by atoms with Crippen molar-refractivity contribution in [2.24, 2.45) is 0 Å². The van der Waals surface area contributed by atoms with Gasteiger partial charge in [-0.25, -0.2) is 4.79 Å². The van der Waals surface area contributed by atoms with E-state index in [0.29, 0.717) is 12.8 Å². The number of carbonyl (C=O) groups is 1. The van der Waals surface area contributed by atoms with Crippen molar-refractivity contribution in [3.63, 3.8) is 0 Å². The number of carbonyl (C=O) groups excluding carboxylic acids is 1. The highest BCUT2D eigenvalue weighted by Crippen LogP contribution is 2.30. The molecule has 0 saturated heterocycles. The van der Waals surface area contributed by atoms with E-state index in [9.17, 15) is 18.0 Å². The van der Waals surface area contributed by atoms with Gasteiger partial charge in [0.2, 0.25) is 0 Å². The van der Waals surface area contributed by atoms with E-state index in [1.54, 1.807) is 0 Å². The first-order valence-electron chi connectivity index (χ1n) is 6.05. The van der Waals surface area contributed by atoms with E-state index in [4.69, 9.17) is 6.42 Å². The lowest BCUT2D eigenvalue weighted by Crippen LogP contribution is -2.37. The molecule has 1 unspecified atom stereocenters. The molecule has 1 aromatic rings. The fourth-order valence-corrected chi connectivity index (χ4v) is 1.57. The third-order valence-corrected chi connectivity index (χ3v) is 2.64. The van der Waals surface area contributed by atoms with Crippen molar-refractivity contribution in [3.8, 4) is 12.3 Å². The Balaban J connectivity index is 2.69. The number of terminal acetylenes is 1. The summed E-state index contributed by atoms with van der Waals surface area (Å²) in [5.41, 5.74) is -0.737. The molecule has 0 fully saturated rings. The van der Waals surface area contributed by atoms with Crippen molar-refractivity contribution in [1.82, 2.24) is 5.32 Å². The van der Waals surface area contributed by atoms with Crippen LogP contribution in [-0.2, 0) is 6.18 Å². The van der Waals surface area contributed by atoms with E-state index in [1.165, 1.54) is 12.1 Å². The Morgan fingerprint density at radius 1 is 1.45 bits per heavy atom. The van der Waals surface area contributed by atoms with Crippen LogP contribution in [0.1, 0.15) is 25.3 Å². The second kappa shape index (κ2) is 6.85. The topological polar surface area (TPSA) is 41.1 Å². The number of rotatable bonds is 4. The minimum absolute atomic E-state index is 0.0767. The normalized spacial score (nSPS) is 12.3. The molecule has 0 spiro atoms. The first-order chi connectivity index (χ1) is 9.36. The lowest BCUT2D eigenvalue weighted by Gasteiger charge is -2.15. The van der Waals surface area contributed by atoms with Crippen LogP contribution in [-0.4, -0.2) is 12.1 Å². The van der Waals surface area contributed by atoms with Gasteiger partial charge in [-0.05, 0) is 24.6 Å². The van der Waals surface area contributed by atoms with Crippen LogP contribution in [0.4, 0.5) is 23.7 Å². The molecule has 0 bridgehead atoms. The Morgan fingerprint density at radius 3 is 2.70 bits per heavy atom. The Bertz CT molecular complexity index is 506. The van der Waals surface area contributed by atoms with Crippen LogP contribution in [0.5, 0.6) is 0 Å². The maximum absolute atomic E-state index is 12.5. The molecule has 1 rings (SSSR count). The number of hydrogen-bond donors (Lipinski definition) is 2. The molecule has 1 atom stereocenters. The molecule has 0 aliphatic carbocycles. The fraction of sp³-hybridized carbons (Fsp3) is 0.357. The zero-order chi connectivity index (χ0) is 15.2. The van der Waals surface area contributed by atoms with Gasteiger partial charge in [0.25, 0.3) is 0 Å². The molecule has 0 aromatic heterocycles. The standard InChI is InChI=1S/C14H15F3N2O/c1-3-6-11(4-2)18-13(20)19-12-8-5-7-10(9-12)14(15,16)17/h1,5,7-9,11H,4,6H2,2H3,(H2,18,19,20). The molecule has 0 saturated carbocycles. The van der Waals surface area contributed by atoms with Gasteiger partial charge >= 0.3 is 12.2 Å². The first kappa shape index (κ1) is 15.9. The smallest absolute Gasteiger partial charge is 0.334 e. The van der Waals surface area contributed by atoms with Crippen LogP contribution in [0.3, 0.4) is 0 Å². The lowest BCUT2D eigenvalue weighted by atomic mass is 10.1. The molecule has 2 amide bonds. The van der Waals surface area contributed by atoms with Gasteiger partial charge in [0.15, 0.2) is 0 Å². The molecule has 20 heavy (non-hydrogen) atoms. The molecule has 2 N–H and O–H groups in total. The van der Waals surface area contributed by atoms with Gasteiger partial charge in [-0.3, -0.25) is 0 Å². The van der Waals surface area contributed by atoms with E-state index < -0.39 is 17.8 Å². The molecule has 0 aliphatic heterocycles. The summed E-state index contributed by atoms with van der Waals surface area (Å²) in [5.74, 6) is 2.43. The molecule has 0 radical (unpaired) electrons. The fourth-order valence-electron chi connectivity index (χ4n) is 1.57. The summed E-state index contributed by atoms with van der Waals surface area (Å²) in [6.45, 7) is 1.85. The highest BCUT2D eigenvalue weighted by molar-refractivity contribution is 5.89. The van der Waals surface area contributed by atoms with E-state index in [1.807, 2.05) is 6.92 Å². The summed E-state index contributed by atoms with van der Waals surface area (Å²) >= 11 is 0. The first-order valence-corrected chi connectivity index (χ1v) is 6.05. The van der Waals surface area contributed by atoms with Gasteiger partial charge in [-0.15, -0.1) is 12.3 Å². The predicted molar refractivity (Wildman–Crippen MR) is 71.1 cm³/mol. The Kier molecular flexibility index (Phi) is 5.44. The number of anilines is 1. The molecule has 0 aliphatic rings. The van der Waals surface area contributed by atoms with Gasteiger partial charge in [-0.2, -0.15) is 13.2 Å². The number of halogens is 3. The van der Waals surface area contributed by atoms with Crippen LogP contribution in [0.15, 0.2) is 24.3 Å². The summed E-state index contributed by atoms with van der Waals surface area (Å²) in [6, 6.07) is 3.66. The Hall–Kier alpha value is -2.16. The molecule has 0 heterocycles. The number of alkyl halides is 3. The van der Waals surface area contributed by atoms with Crippen molar-refractivity contribution >= 4 is 11.7 Å². The molecule has 3 nitrogen and oxygen atoms in total. The highest BCUT2D eigenvalue weighted by atomic mass is 19.4. The van der Waals surface area contributed by atoms with Crippen LogP contribution >= 0.6 is 0 Å². The number of hydrogen-bond acceptors (Lipinski definition) is 1. The number of nitrogens with one attached hydrogen (secondary N) is 2. The molecule has 6 heteroatoms. The van der Waals surface area contributed by atoms with Crippen molar-refractivity contribution < 1.29 is 18.0 Å². The Morgan fingerprint density at radius 2 is 2.15 bits per heavy atom. The third kappa shape index (κ3) is 4.84. The van der Waals surface area contributed by atoms with Crippen LogP contribution in [0.2, 0.25) is 0 Å². The maximum atomic E-state index is 12.5. The number of benzene rings is 1. The van der Waals surface area contributed by atoms with E-state index in [-0.39, 0.29) is 11.7 Å². The summed E-state index contributed by atoms with van der Waals surface area (Å²) in [6.07, 6.45) is 1.72. The summed E-state index contributed by atoms with van der Waals surface area (Å²) in [7, 11) is 0. The van der Waals surface area contributed by atoms with Crippen molar-refractivity contribution in [2.75, 3.05) is 5.32 Å². The molecular weight excluding hydrogens is 269 g/mol. The monoisotopic (exact) mass is 284 g/mol. The number of amides is 2. The van der Waals surface area contributed by atoms with Crippen LogP contribution in [0, 0.1) is 12.3 Å². The summed E-state index contributed by atoms with van der Waals surface area (Å²) in [4.78, 5) is 11.6. The minimum atomic E-state index is -4.44. The van der Waals surface area contributed by atoms with Crippen molar-refractivity contribution in [2.45, 2.75) is 32.0 Å². The van der Waals surface area contributed by atoms with Crippen LogP contribution < -0.4 is 10.6 Å². The van der Waals surface area contributed by atoms with Crippen molar-refractivity contribution in [3.05, 3.63) is 29.8 Å². The maximum Gasteiger partial charge on any atom is 0.416 e. The van der Waals surface area contributed by atoms with Gasteiger partial charge in [0, 0.05) is 18.2 Å². The number of urea groups is 1. The van der Waals surface area contributed by atoms with Gasteiger partial charge in [0.05, 0.1) is 5.56 Å². The van der Waals surface area contributed by atoms with Crippen molar-refractivity contribution in [1.29, 1.82) is 0 Å². The summed E-state index contributed by atoms with van der Waals surface area (Å²) in [5, 5.41) is 4.96. The average molecular weight is 284 g/mol. The van der Waals surface area contributed by atoms with E-state index in [0.717, 1.165) is 12.1 Å². The zero-order valence-corrected chi connectivity index (χ0v) is 10.9.